The molecule has 2 aromatic rings. The van der Waals surface area contributed by atoms with E-state index in [0.717, 1.165) is 48.7 Å². The Labute approximate surface area is 146 Å². The van der Waals surface area contributed by atoms with Gasteiger partial charge in [-0.25, -0.2) is 0 Å². The molecule has 0 radical (unpaired) electrons. The Bertz CT molecular complexity index is 787. The Hall–Kier alpha value is -2.57. The summed E-state index contributed by atoms with van der Waals surface area (Å²) < 4.78 is 13.1. The van der Waals surface area contributed by atoms with E-state index in [2.05, 4.69) is 15.5 Å². The second-order valence-corrected chi connectivity index (χ2v) is 6.54. The number of aromatic nitrogens is 3. The van der Waals surface area contributed by atoms with Gasteiger partial charge in [-0.2, -0.15) is 0 Å². The summed E-state index contributed by atoms with van der Waals surface area (Å²) in [6.45, 7) is 1.23. The third kappa shape index (κ3) is 3.06. The van der Waals surface area contributed by atoms with Gasteiger partial charge in [0.1, 0.15) is 12.4 Å². The third-order valence-corrected chi connectivity index (χ3v) is 4.82. The summed E-state index contributed by atoms with van der Waals surface area (Å²) in [7, 11) is 1.63. The fourth-order valence-electron chi connectivity index (χ4n) is 3.55. The van der Waals surface area contributed by atoms with E-state index in [0.29, 0.717) is 18.9 Å². The molecule has 0 saturated carbocycles. The van der Waals surface area contributed by atoms with Crippen LogP contribution in [0.4, 0.5) is 0 Å². The van der Waals surface area contributed by atoms with Crippen LogP contribution in [0, 0.1) is 0 Å². The van der Waals surface area contributed by atoms with E-state index in [-0.39, 0.29) is 11.9 Å². The number of hydrogen-bond acceptors (Lipinski definition) is 5. The molecule has 2 aliphatic rings. The summed E-state index contributed by atoms with van der Waals surface area (Å²) in [6, 6.07) is 5.72. The van der Waals surface area contributed by atoms with Crippen molar-refractivity contribution >= 4 is 5.91 Å². The Morgan fingerprint density at radius 1 is 1.32 bits per heavy atom. The number of rotatable bonds is 3. The smallest absolute Gasteiger partial charge is 0.289 e. The summed E-state index contributed by atoms with van der Waals surface area (Å²) >= 11 is 0. The standard InChI is InChI=1S/C18H22N4O3/c1-24-14-7-5-6-12-10-13(11-25-16(12)14)19-18(23)17-21-20-15-8-3-2-4-9-22(15)17/h5-7,13H,2-4,8-11H2,1H3,(H,19,23). The molecule has 1 aromatic heterocycles. The number of ether oxygens (including phenoxy) is 2. The molecule has 25 heavy (non-hydrogen) atoms. The van der Waals surface area contributed by atoms with Crippen molar-refractivity contribution in [2.24, 2.45) is 0 Å². The molecule has 1 aromatic carbocycles. The van der Waals surface area contributed by atoms with Crippen LogP contribution in [0.15, 0.2) is 18.2 Å². The van der Waals surface area contributed by atoms with Crippen LogP contribution in [0.5, 0.6) is 11.5 Å². The lowest BCUT2D eigenvalue weighted by atomic mass is 10.0. The monoisotopic (exact) mass is 342 g/mol. The Morgan fingerprint density at radius 3 is 3.12 bits per heavy atom. The third-order valence-electron chi connectivity index (χ3n) is 4.82. The number of nitrogens with zero attached hydrogens (tertiary/aromatic N) is 3. The molecule has 1 unspecified atom stereocenters. The highest BCUT2D eigenvalue weighted by Gasteiger charge is 2.27. The van der Waals surface area contributed by atoms with Gasteiger partial charge in [-0.05, 0) is 25.3 Å². The van der Waals surface area contributed by atoms with Gasteiger partial charge in [0, 0.05) is 18.5 Å². The van der Waals surface area contributed by atoms with Crippen LogP contribution in [-0.2, 0) is 19.4 Å². The fraction of sp³-hybridized carbons (Fsp3) is 0.500. The zero-order chi connectivity index (χ0) is 17.2. The maximum absolute atomic E-state index is 12.7. The van der Waals surface area contributed by atoms with Gasteiger partial charge in [-0.15, -0.1) is 10.2 Å². The molecule has 7 nitrogen and oxygen atoms in total. The van der Waals surface area contributed by atoms with Crippen molar-refractivity contribution in [3.63, 3.8) is 0 Å². The lowest BCUT2D eigenvalue weighted by Gasteiger charge is -2.27. The lowest BCUT2D eigenvalue weighted by Crippen LogP contribution is -2.43. The molecule has 132 valence electrons. The van der Waals surface area contributed by atoms with Crippen molar-refractivity contribution in [1.82, 2.24) is 20.1 Å². The van der Waals surface area contributed by atoms with E-state index in [9.17, 15) is 4.79 Å². The summed E-state index contributed by atoms with van der Waals surface area (Å²) in [4.78, 5) is 12.7. The highest BCUT2D eigenvalue weighted by atomic mass is 16.5. The lowest BCUT2D eigenvalue weighted by molar-refractivity contribution is 0.0898. The topological polar surface area (TPSA) is 78.3 Å². The molecule has 4 rings (SSSR count). The number of fused-ring (bicyclic) bond motifs is 2. The van der Waals surface area contributed by atoms with Crippen LogP contribution >= 0.6 is 0 Å². The number of amides is 1. The van der Waals surface area contributed by atoms with Crippen molar-refractivity contribution < 1.29 is 14.3 Å². The van der Waals surface area contributed by atoms with Crippen molar-refractivity contribution in [2.45, 2.75) is 44.7 Å². The number of aryl methyl sites for hydroxylation is 1. The maximum atomic E-state index is 12.7. The number of nitrogens with one attached hydrogen (secondary N) is 1. The number of para-hydroxylation sites is 1. The van der Waals surface area contributed by atoms with Gasteiger partial charge in [0.15, 0.2) is 11.5 Å². The van der Waals surface area contributed by atoms with E-state index in [1.54, 1.807) is 7.11 Å². The molecule has 0 bridgehead atoms. The predicted octanol–water partition coefficient (Wildman–Crippen LogP) is 1.75. The van der Waals surface area contributed by atoms with E-state index in [4.69, 9.17) is 9.47 Å². The fourth-order valence-corrected chi connectivity index (χ4v) is 3.55. The maximum Gasteiger partial charge on any atom is 0.289 e. The SMILES string of the molecule is COc1cccc2c1OCC(NC(=O)c1nnc3n1CCCCC3)C2. The van der Waals surface area contributed by atoms with Crippen LogP contribution in [0.3, 0.4) is 0 Å². The van der Waals surface area contributed by atoms with Crippen LogP contribution in [0.25, 0.3) is 0 Å². The molecule has 0 fully saturated rings. The van der Waals surface area contributed by atoms with Gasteiger partial charge in [0.05, 0.1) is 13.2 Å². The summed E-state index contributed by atoms with van der Waals surface area (Å²) in [5, 5.41) is 11.4. The van der Waals surface area contributed by atoms with E-state index in [1.807, 2.05) is 22.8 Å². The second kappa shape index (κ2) is 6.74. The average Bonchev–Trinajstić information content (AvgIpc) is 2.89. The number of carbonyl (C=O) groups is 1. The zero-order valence-corrected chi connectivity index (χ0v) is 14.3. The number of methoxy groups -OCH3 is 1. The molecule has 0 saturated heterocycles. The first-order valence-corrected chi connectivity index (χ1v) is 8.78. The molecule has 0 aliphatic carbocycles. The van der Waals surface area contributed by atoms with Crippen LogP contribution in [0.2, 0.25) is 0 Å². The van der Waals surface area contributed by atoms with Gasteiger partial charge < -0.3 is 19.4 Å². The number of hydrogen-bond donors (Lipinski definition) is 1. The van der Waals surface area contributed by atoms with Crippen molar-refractivity contribution in [3.05, 3.63) is 35.4 Å². The molecular weight excluding hydrogens is 320 g/mol. The molecule has 1 atom stereocenters. The summed E-state index contributed by atoms with van der Waals surface area (Å²) in [5.74, 6) is 2.64. The molecular formula is C18H22N4O3. The second-order valence-electron chi connectivity index (χ2n) is 6.54. The molecule has 3 heterocycles. The van der Waals surface area contributed by atoms with Gasteiger partial charge in [-0.1, -0.05) is 18.6 Å². The Morgan fingerprint density at radius 2 is 2.24 bits per heavy atom. The minimum absolute atomic E-state index is 0.0918. The van der Waals surface area contributed by atoms with E-state index >= 15 is 0 Å². The Kier molecular flexibility index (Phi) is 4.29. The first-order valence-electron chi connectivity index (χ1n) is 8.78. The minimum atomic E-state index is -0.180. The molecule has 2 aliphatic heterocycles. The molecule has 7 heteroatoms. The van der Waals surface area contributed by atoms with Gasteiger partial charge >= 0.3 is 0 Å². The average molecular weight is 342 g/mol. The highest BCUT2D eigenvalue weighted by molar-refractivity contribution is 5.91. The van der Waals surface area contributed by atoms with E-state index in [1.165, 1.54) is 6.42 Å². The van der Waals surface area contributed by atoms with Crippen LogP contribution in [-0.4, -0.2) is 40.4 Å². The first-order chi connectivity index (χ1) is 12.3. The van der Waals surface area contributed by atoms with Crippen molar-refractivity contribution in [1.29, 1.82) is 0 Å². The van der Waals surface area contributed by atoms with Crippen molar-refractivity contribution in [3.8, 4) is 11.5 Å². The number of carbonyl (C=O) groups excluding carboxylic acids is 1. The highest BCUT2D eigenvalue weighted by Crippen LogP contribution is 2.34. The van der Waals surface area contributed by atoms with Crippen LogP contribution in [0.1, 0.15) is 41.3 Å². The largest absolute Gasteiger partial charge is 0.493 e. The van der Waals surface area contributed by atoms with Gasteiger partial charge in [-0.3, -0.25) is 4.79 Å². The predicted molar refractivity (Wildman–Crippen MR) is 91.0 cm³/mol. The normalized spacial score (nSPS) is 19.2. The number of benzene rings is 1. The summed E-state index contributed by atoms with van der Waals surface area (Å²) in [5.41, 5.74) is 1.04. The quantitative estimate of drug-likeness (QED) is 0.919. The van der Waals surface area contributed by atoms with Gasteiger partial charge in [0.25, 0.3) is 5.91 Å². The zero-order valence-electron chi connectivity index (χ0n) is 14.3. The van der Waals surface area contributed by atoms with E-state index < -0.39 is 0 Å². The first kappa shape index (κ1) is 15.9. The molecule has 0 spiro atoms. The van der Waals surface area contributed by atoms with Gasteiger partial charge in [0.2, 0.25) is 5.82 Å². The Balaban J connectivity index is 1.48. The minimum Gasteiger partial charge on any atom is -0.493 e. The summed E-state index contributed by atoms with van der Waals surface area (Å²) in [6.07, 6.45) is 4.93. The van der Waals surface area contributed by atoms with Crippen LogP contribution < -0.4 is 14.8 Å². The molecule has 1 N–H and O–H groups in total. The molecule has 1 amide bonds. The van der Waals surface area contributed by atoms with Crippen molar-refractivity contribution in [2.75, 3.05) is 13.7 Å².